The van der Waals surface area contributed by atoms with E-state index in [4.69, 9.17) is 5.73 Å². The van der Waals surface area contributed by atoms with Gasteiger partial charge in [-0.3, -0.25) is 0 Å². The Kier molecular flexibility index (Phi) is 4.66. The van der Waals surface area contributed by atoms with E-state index in [0.29, 0.717) is 12.1 Å². The third kappa shape index (κ3) is 3.35. The van der Waals surface area contributed by atoms with E-state index in [1.165, 1.54) is 11.3 Å². The van der Waals surface area contributed by atoms with Crippen molar-refractivity contribution < 1.29 is 0 Å². The predicted molar refractivity (Wildman–Crippen MR) is 115 cm³/mol. The summed E-state index contributed by atoms with van der Waals surface area (Å²) in [6, 6.07) is 12.0. The van der Waals surface area contributed by atoms with Crippen molar-refractivity contribution in [3.8, 4) is 0 Å². The van der Waals surface area contributed by atoms with Gasteiger partial charge in [0.15, 0.2) is 5.82 Å². The van der Waals surface area contributed by atoms with Crippen molar-refractivity contribution in [3.63, 3.8) is 0 Å². The van der Waals surface area contributed by atoms with E-state index < -0.39 is 0 Å². The van der Waals surface area contributed by atoms with Crippen LogP contribution in [0.25, 0.3) is 5.70 Å². The Morgan fingerprint density at radius 3 is 2.52 bits per heavy atom. The van der Waals surface area contributed by atoms with Crippen molar-refractivity contribution in [3.05, 3.63) is 65.4 Å². The molecule has 2 aromatic rings. The van der Waals surface area contributed by atoms with Crippen molar-refractivity contribution in [1.82, 2.24) is 25.0 Å². The molecule has 2 atom stereocenters. The highest BCUT2D eigenvalue weighted by molar-refractivity contribution is 5.62. The maximum Gasteiger partial charge on any atom is 0.180 e. The molecule has 1 saturated carbocycles. The fourth-order valence-corrected chi connectivity index (χ4v) is 5.04. The lowest BCUT2D eigenvalue weighted by molar-refractivity contribution is 0.266. The molecule has 2 unspecified atom stereocenters. The molecule has 29 heavy (non-hydrogen) atoms. The van der Waals surface area contributed by atoms with E-state index in [1.807, 2.05) is 0 Å². The maximum atomic E-state index is 6.10. The van der Waals surface area contributed by atoms with Crippen molar-refractivity contribution in [1.29, 1.82) is 0 Å². The number of aromatic nitrogens is 3. The summed E-state index contributed by atoms with van der Waals surface area (Å²) in [5.41, 5.74) is 9.86. The van der Waals surface area contributed by atoms with Crippen molar-refractivity contribution in [2.75, 3.05) is 0 Å². The third-order valence-corrected chi connectivity index (χ3v) is 6.64. The fourth-order valence-electron chi connectivity index (χ4n) is 5.04. The molecule has 0 amide bonds. The summed E-state index contributed by atoms with van der Waals surface area (Å²) in [5.74, 6) is 1.93. The van der Waals surface area contributed by atoms with Crippen LogP contribution in [0.4, 0.5) is 0 Å². The van der Waals surface area contributed by atoms with Gasteiger partial charge in [0.2, 0.25) is 0 Å². The lowest BCUT2D eigenvalue weighted by Gasteiger charge is -2.36. The molecule has 2 aliphatic heterocycles. The van der Waals surface area contributed by atoms with Gasteiger partial charge in [0, 0.05) is 24.3 Å². The van der Waals surface area contributed by atoms with E-state index in [1.54, 1.807) is 0 Å². The zero-order chi connectivity index (χ0) is 20.0. The van der Waals surface area contributed by atoms with Crippen molar-refractivity contribution in [2.45, 2.75) is 70.2 Å². The first kappa shape index (κ1) is 18.4. The summed E-state index contributed by atoms with van der Waals surface area (Å²) < 4.78 is 2.30. The lowest BCUT2D eigenvalue weighted by atomic mass is 9.91. The summed E-state index contributed by atoms with van der Waals surface area (Å²) >= 11 is 0. The maximum absolute atomic E-state index is 6.10. The van der Waals surface area contributed by atoms with Crippen LogP contribution in [0, 0.1) is 6.92 Å². The number of hydrogen-bond acceptors (Lipinski definition) is 5. The minimum atomic E-state index is 0.244. The summed E-state index contributed by atoms with van der Waals surface area (Å²) in [6.45, 7) is 5.17. The number of nitrogens with zero attached hydrogens (tertiary/aromatic N) is 4. The SMILES string of the molecule is CC1=CC2C(C=C(N[C@H]3CC[C@H](N)CC3)c3nnc(C)n32)N1Cc1ccccc1. The van der Waals surface area contributed by atoms with Gasteiger partial charge < -0.3 is 20.5 Å². The van der Waals surface area contributed by atoms with Gasteiger partial charge in [-0.25, -0.2) is 0 Å². The average Bonchev–Trinajstić information content (AvgIpc) is 3.25. The fraction of sp³-hybridized carbons (Fsp3) is 0.478. The van der Waals surface area contributed by atoms with Gasteiger partial charge in [-0.05, 0) is 57.2 Å². The Morgan fingerprint density at radius 1 is 1.00 bits per heavy atom. The molecule has 1 fully saturated rings. The number of fused-ring (bicyclic) bond motifs is 3. The van der Waals surface area contributed by atoms with Gasteiger partial charge >= 0.3 is 0 Å². The van der Waals surface area contributed by atoms with E-state index >= 15 is 0 Å². The minimum absolute atomic E-state index is 0.244. The van der Waals surface area contributed by atoms with Gasteiger partial charge in [0.05, 0.1) is 17.8 Å². The number of benzene rings is 1. The Hall–Kier alpha value is -2.60. The highest BCUT2D eigenvalue weighted by Gasteiger charge is 2.39. The van der Waals surface area contributed by atoms with Crippen LogP contribution in [-0.4, -0.2) is 37.8 Å². The molecule has 3 N–H and O–H groups in total. The number of allylic oxidation sites excluding steroid dienone is 1. The molecular weight excluding hydrogens is 360 g/mol. The van der Waals surface area contributed by atoms with Crippen molar-refractivity contribution in [2.24, 2.45) is 5.73 Å². The smallest absolute Gasteiger partial charge is 0.180 e. The molecule has 3 aliphatic rings. The van der Waals surface area contributed by atoms with Crippen LogP contribution in [0.5, 0.6) is 0 Å². The minimum Gasteiger partial charge on any atom is -0.379 e. The monoisotopic (exact) mass is 390 g/mol. The van der Waals surface area contributed by atoms with Crippen LogP contribution in [0.1, 0.15) is 55.9 Å². The van der Waals surface area contributed by atoms with E-state index in [9.17, 15) is 0 Å². The quantitative estimate of drug-likeness (QED) is 0.839. The molecule has 1 aliphatic carbocycles. The average molecular weight is 391 g/mol. The summed E-state index contributed by atoms with van der Waals surface area (Å²) in [6.07, 6.45) is 9.14. The Labute approximate surface area is 172 Å². The summed E-state index contributed by atoms with van der Waals surface area (Å²) in [5, 5.41) is 12.7. The zero-order valence-electron chi connectivity index (χ0n) is 17.3. The predicted octanol–water partition coefficient (Wildman–Crippen LogP) is 3.13. The molecule has 0 bridgehead atoms. The van der Waals surface area contributed by atoms with Crippen LogP contribution in [0.2, 0.25) is 0 Å². The second kappa shape index (κ2) is 7.34. The Bertz CT molecular complexity index is 936. The van der Waals surface area contributed by atoms with E-state index in [0.717, 1.165) is 49.6 Å². The molecule has 152 valence electrons. The highest BCUT2D eigenvalue weighted by atomic mass is 15.3. The van der Waals surface area contributed by atoms with Gasteiger partial charge in [0.25, 0.3) is 0 Å². The molecule has 3 heterocycles. The van der Waals surface area contributed by atoms with Crippen LogP contribution in [0.15, 0.2) is 48.2 Å². The lowest BCUT2D eigenvalue weighted by Crippen LogP contribution is -2.41. The molecule has 1 aromatic carbocycles. The summed E-state index contributed by atoms with van der Waals surface area (Å²) in [4.78, 5) is 2.50. The molecular formula is C23H30N6. The Balaban J connectivity index is 1.45. The van der Waals surface area contributed by atoms with Crippen molar-refractivity contribution >= 4 is 5.70 Å². The van der Waals surface area contributed by atoms with Crippen LogP contribution < -0.4 is 11.1 Å². The number of nitrogens with one attached hydrogen (secondary N) is 1. The Morgan fingerprint density at radius 2 is 1.76 bits per heavy atom. The molecule has 6 nitrogen and oxygen atoms in total. The molecule has 5 rings (SSSR count). The third-order valence-electron chi connectivity index (χ3n) is 6.64. The zero-order valence-corrected chi connectivity index (χ0v) is 17.3. The number of rotatable bonds is 4. The summed E-state index contributed by atoms with van der Waals surface area (Å²) in [7, 11) is 0. The van der Waals surface area contributed by atoms with E-state index in [-0.39, 0.29) is 12.1 Å². The first-order chi connectivity index (χ1) is 14.1. The van der Waals surface area contributed by atoms with Crippen LogP contribution in [-0.2, 0) is 6.54 Å². The second-order valence-corrected chi connectivity index (χ2v) is 8.68. The first-order valence-electron chi connectivity index (χ1n) is 10.7. The first-order valence-corrected chi connectivity index (χ1v) is 10.7. The number of hydrogen-bond donors (Lipinski definition) is 2. The molecule has 0 saturated heterocycles. The van der Waals surface area contributed by atoms with Gasteiger partial charge in [-0.1, -0.05) is 30.3 Å². The number of aryl methyl sites for hydroxylation is 1. The second-order valence-electron chi connectivity index (χ2n) is 8.68. The topological polar surface area (TPSA) is 72.0 Å². The normalized spacial score (nSPS) is 28.4. The molecule has 0 spiro atoms. The van der Waals surface area contributed by atoms with Gasteiger partial charge in [-0.2, -0.15) is 0 Å². The largest absolute Gasteiger partial charge is 0.379 e. The van der Waals surface area contributed by atoms with Gasteiger partial charge in [-0.15, -0.1) is 10.2 Å². The molecule has 0 radical (unpaired) electrons. The van der Waals surface area contributed by atoms with Gasteiger partial charge in [0.1, 0.15) is 5.82 Å². The van der Waals surface area contributed by atoms with Crippen LogP contribution in [0.3, 0.4) is 0 Å². The van der Waals surface area contributed by atoms with E-state index in [2.05, 4.69) is 81.3 Å². The molecule has 6 heteroatoms. The molecule has 1 aromatic heterocycles. The standard InChI is InChI=1S/C23H30N6/c1-15-12-22-21(28(15)14-17-6-4-3-5-7-17)13-20(23-27-26-16(2)29(22)23)25-19-10-8-18(24)9-11-19/h3-7,12-13,18-19,21-22,25H,8-11,14,24H2,1-2H3/t18-,19-,21?,22?. The van der Waals surface area contributed by atoms with Crippen LogP contribution >= 0.6 is 0 Å². The number of nitrogens with two attached hydrogens (primary N) is 1. The highest BCUT2D eigenvalue weighted by Crippen LogP contribution is 2.39.